The van der Waals surface area contributed by atoms with Crippen molar-refractivity contribution in [1.29, 1.82) is 0 Å². The predicted molar refractivity (Wildman–Crippen MR) is 90.4 cm³/mol. The second-order valence-electron chi connectivity index (χ2n) is 6.52. The third-order valence-electron chi connectivity index (χ3n) is 5.22. The lowest BCUT2D eigenvalue weighted by atomic mass is 10.1. The quantitative estimate of drug-likeness (QED) is 0.813. The second kappa shape index (κ2) is 6.89. The summed E-state index contributed by atoms with van der Waals surface area (Å²) in [5.74, 6) is 0.0364. The van der Waals surface area contributed by atoms with Gasteiger partial charge in [0.1, 0.15) is 6.33 Å². The average Bonchev–Trinajstić information content (AvgIpc) is 3.32. The molecule has 8 nitrogen and oxygen atoms in total. The van der Waals surface area contributed by atoms with Gasteiger partial charge in [-0.1, -0.05) is 12.1 Å². The van der Waals surface area contributed by atoms with E-state index in [1.165, 1.54) is 11.0 Å². The molecule has 3 heterocycles. The molecule has 0 aliphatic carbocycles. The summed E-state index contributed by atoms with van der Waals surface area (Å²) in [6, 6.07) is 8.04. The Kier molecular flexibility index (Phi) is 4.46. The van der Waals surface area contributed by atoms with Crippen molar-refractivity contribution in [3.8, 4) is 5.69 Å². The molecule has 0 bridgehead atoms. The van der Waals surface area contributed by atoms with E-state index >= 15 is 0 Å². The minimum absolute atomic E-state index is 0.0364. The van der Waals surface area contributed by atoms with Gasteiger partial charge in [-0.15, -0.1) is 5.10 Å². The fraction of sp³-hybridized carbons (Fsp3) is 0.529. The maximum Gasteiger partial charge on any atom is 0.256 e. The zero-order valence-electron chi connectivity index (χ0n) is 14.3. The minimum Gasteiger partial charge on any atom is -0.379 e. The van der Waals surface area contributed by atoms with Crippen LogP contribution in [-0.4, -0.2) is 80.8 Å². The summed E-state index contributed by atoms with van der Waals surface area (Å²) < 4.78 is 6.99. The van der Waals surface area contributed by atoms with Crippen molar-refractivity contribution in [1.82, 2.24) is 30.0 Å². The Morgan fingerprint density at radius 2 is 2.00 bits per heavy atom. The number of ether oxygens (including phenoxy) is 1. The maximum absolute atomic E-state index is 13.2. The number of morpholine rings is 1. The normalized spacial score (nSPS) is 24.6. The summed E-state index contributed by atoms with van der Waals surface area (Å²) in [5, 5.41) is 11.3. The van der Waals surface area contributed by atoms with Gasteiger partial charge in [0.05, 0.1) is 24.5 Å². The number of carbonyl (C=O) groups excluding carboxylic acids is 1. The van der Waals surface area contributed by atoms with E-state index in [-0.39, 0.29) is 11.9 Å². The van der Waals surface area contributed by atoms with Crippen molar-refractivity contribution in [2.75, 3.05) is 32.8 Å². The number of hydrogen-bond acceptors (Lipinski definition) is 6. The molecule has 1 amide bonds. The van der Waals surface area contributed by atoms with Crippen LogP contribution in [-0.2, 0) is 4.74 Å². The van der Waals surface area contributed by atoms with Crippen LogP contribution in [0.15, 0.2) is 30.6 Å². The highest BCUT2D eigenvalue weighted by Crippen LogP contribution is 2.26. The first kappa shape index (κ1) is 16.2. The van der Waals surface area contributed by atoms with Gasteiger partial charge in [0.25, 0.3) is 5.91 Å². The lowest BCUT2D eigenvalue weighted by molar-refractivity contribution is 0.0104. The molecule has 0 radical (unpaired) electrons. The van der Waals surface area contributed by atoms with E-state index in [4.69, 9.17) is 4.74 Å². The Hall–Kier alpha value is -2.32. The number of likely N-dealkylation sites (tertiary alicyclic amines) is 1. The summed E-state index contributed by atoms with van der Waals surface area (Å²) in [7, 11) is 0. The van der Waals surface area contributed by atoms with E-state index in [2.05, 4.69) is 27.3 Å². The Balaban J connectivity index is 1.56. The first-order valence-corrected chi connectivity index (χ1v) is 8.71. The van der Waals surface area contributed by atoms with E-state index in [1.54, 1.807) is 0 Å². The zero-order valence-corrected chi connectivity index (χ0v) is 14.3. The van der Waals surface area contributed by atoms with Crippen molar-refractivity contribution in [3.05, 3.63) is 36.2 Å². The summed E-state index contributed by atoms with van der Waals surface area (Å²) in [6.07, 6.45) is 2.51. The van der Waals surface area contributed by atoms with Gasteiger partial charge < -0.3 is 9.64 Å². The topological polar surface area (TPSA) is 76.4 Å². The fourth-order valence-electron chi connectivity index (χ4n) is 3.89. The van der Waals surface area contributed by atoms with Crippen LogP contribution in [0.1, 0.15) is 23.7 Å². The van der Waals surface area contributed by atoms with Crippen molar-refractivity contribution in [2.24, 2.45) is 0 Å². The average molecular weight is 342 g/mol. The van der Waals surface area contributed by atoms with Crippen LogP contribution in [0, 0.1) is 0 Å². The number of rotatable bonds is 3. The van der Waals surface area contributed by atoms with Crippen molar-refractivity contribution in [2.45, 2.75) is 25.4 Å². The summed E-state index contributed by atoms with van der Waals surface area (Å²) in [6.45, 7) is 6.35. The van der Waals surface area contributed by atoms with Crippen molar-refractivity contribution >= 4 is 5.91 Å². The number of benzene rings is 1. The molecule has 25 heavy (non-hydrogen) atoms. The monoisotopic (exact) mass is 342 g/mol. The van der Waals surface area contributed by atoms with Crippen LogP contribution >= 0.6 is 0 Å². The predicted octanol–water partition coefficient (Wildman–Crippen LogP) is 0.597. The highest BCUT2D eigenvalue weighted by molar-refractivity contribution is 5.98. The van der Waals surface area contributed by atoms with Gasteiger partial charge in [-0.2, -0.15) is 4.68 Å². The molecular formula is C17H22N6O2. The van der Waals surface area contributed by atoms with Gasteiger partial charge in [-0.05, 0) is 35.9 Å². The first-order valence-electron chi connectivity index (χ1n) is 8.71. The van der Waals surface area contributed by atoms with Crippen LogP contribution in [0.3, 0.4) is 0 Å². The highest BCUT2D eigenvalue weighted by Gasteiger charge is 2.38. The molecule has 1 aromatic heterocycles. The van der Waals surface area contributed by atoms with Gasteiger partial charge in [0.15, 0.2) is 0 Å². The van der Waals surface area contributed by atoms with Crippen LogP contribution in [0.4, 0.5) is 0 Å². The molecule has 0 N–H and O–H groups in total. The molecule has 4 rings (SSSR count). The number of hydrogen-bond donors (Lipinski definition) is 0. The molecule has 2 aliphatic rings. The van der Waals surface area contributed by atoms with E-state index in [1.807, 2.05) is 29.2 Å². The van der Waals surface area contributed by atoms with Crippen LogP contribution in [0.2, 0.25) is 0 Å². The van der Waals surface area contributed by atoms with Crippen LogP contribution < -0.4 is 0 Å². The lowest BCUT2D eigenvalue weighted by Gasteiger charge is -2.35. The Bertz CT molecular complexity index is 728. The molecule has 2 fully saturated rings. The summed E-state index contributed by atoms with van der Waals surface area (Å²) in [4.78, 5) is 17.6. The molecule has 2 saturated heterocycles. The molecule has 132 valence electrons. The van der Waals surface area contributed by atoms with Gasteiger partial charge in [-0.3, -0.25) is 9.69 Å². The van der Waals surface area contributed by atoms with Crippen molar-refractivity contribution < 1.29 is 9.53 Å². The summed E-state index contributed by atoms with van der Waals surface area (Å²) in [5.41, 5.74) is 1.34. The third kappa shape index (κ3) is 3.03. The van der Waals surface area contributed by atoms with Gasteiger partial charge >= 0.3 is 0 Å². The van der Waals surface area contributed by atoms with E-state index in [9.17, 15) is 4.79 Å². The van der Waals surface area contributed by atoms with Crippen LogP contribution in [0.5, 0.6) is 0 Å². The minimum atomic E-state index is 0.0364. The largest absolute Gasteiger partial charge is 0.379 e. The third-order valence-corrected chi connectivity index (χ3v) is 5.22. The number of carbonyl (C=O) groups is 1. The van der Waals surface area contributed by atoms with E-state index in [0.29, 0.717) is 17.3 Å². The number of tetrazole rings is 1. The molecular weight excluding hydrogens is 320 g/mol. The Labute approximate surface area is 146 Å². The SMILES string of the molecule is C[C@@H]1[C@H](N2CCOCC2)CCN1C(=O)c1ccccc1-n1cnnn1. The smallest absolute Gasteiger partial charge is 0.256 e. The molecule has 2 aromatic rings. The van der Waals surface area contributed by atoms with E-state index in [0.717, 1.165) is 39.3 Å². The van der Waals surface area contributed by atoms with Crippen LogP contribution in [0.25, 0.3) is 5.69 Å². The number of nitrogens with zero attached hydrogens (tertiary/aromatic N) is 6. The maximum atomic E-state index is 13.2. The molecule has 1 aromatic carbocycles. The first-order chi connectivity index (χ1) is 12.3. The van der Waals surface area contributed by atoms with E-state index < -0.39 is 0 Å². The fourth-order valence-corrected chi connectivity index (χ4v) is 3.89. The zero-order chi connectivity index (χ0) is 17.2. The lowest BCUT2D eigenvalue weighted by Crippen LogP contribution is -2.49. The molecule has 0 unspecified atom stereocenters. The van der Waals surface area contributed by atoms with Crippen molar-refractivity contribution in [3.63, 3.8) is 0 Å². The number of aromatic nitrogens is 4. The second-order valence-corrected chi connectivity index (χ2v) is 6.52. The standard InChI is InChI=1S/C17H22N6O2/c1-13-15(21-8-10-25-11-9-21)6-7-22(13)17(24)14-4-2-3-5-16(14)23-12-18-19-20-23/h2-5,12-13,15H,6-11H2,1H3/t13-,15-/m1/s1. The number of amides is 1. The van der Waals surface area contributed by atoms with Gasteiger partial charge in [-0.25, -0.2) is 0 Å². The van der Waals surface area contributed by atoms with Gasteiger partial charge in [0.2, 0.25) is 0 Å². The van der Waals surface area contributed by atoms with Gasteiger partial charge in [0, 0.05) is 31.7 Å². The molecule has 2 aliphatic heterocycles. The molecule has 8 heteroatoms. The molecule has 2 atom stereocenters. The molecule has 0 spiro atoms. The summed E-state index contributed by atoms with van der Waals surface area (Å²) >= 11 is 0. The number of para-hydroxylation sites is 1. The Morgan fingerprint density at radius 1 is 1.20 bits per heavy atom. The Morgan fingerprint density at radius 3 is 2.76 bits per heavy atom. The molecule has 0 saturated carbocycles. The highest BCUT2D eigenvalue weighted by atomic mass is 16.5.